The lowest BCUT2D eigenvalue weighted by atomic mass is 10.1. The molecular formula is C20H23ClFN3O. The first-order chi connectivity index (χ1) is 12.6. The number of halogens is 2. The molecular weight excluding hydrogens is 353 g/mol. The standard InChI is InChI=1S/C20H23ClFN3O/c21-18-7-3-1-6-17(18)15-24-11-13-25(14-12-24)20(26)23-10-9-16-5-2-4-8-19(16)22/h1-8H,9-15H2,(H,23,26). The van der Waals surface area contributed by atoms with Crippen molar-refractivity contribution in [3.63, 3.8) is 0 Å². The predicted molar refractivity (Wildman–Crippen MR) is 102 cm³/mol. The Hall–Kier alpha value is -2.11. The third-order valence-electron chi connectivity index (χ3n) is 4.64. The van der Waals surface area contributed by atoms with Crippen molar-refractivity contribution >= 4 is 17.6 Å². The summed E-state index contributed by atoms with van der Waals surface area (Å²) in [6, 6.07) is 14.4. The van der Waals surface area contributed by atoms with Crippen LogP contribution in [0.3, 0.4) is 0 Å². The van der Waals surface area contributed by atoms with Crippen LogP contribution in [0.25, 0.3) is 0 Å². The van der Waals surface area contributed by atoms with Gasteiger partial charge in [0.15, 0.2) is 0 Å². The second kappa shape index (κ2) is 9.01. The number of hydrogen-bond donors (Lipinski definition) is 1. The summed E-state index contributed by atoms with van der Waals surface area (Å²) in [4.78, 5) is 16.4. The Labute approximate surface area is 158 Å². The Balaban J connectivity index is 1.41. The maximum Gasteiger partial charge on any atom is 0.317 e. The maximum atomic E-state index is 13.6. The third kappa shape index (κ3) is 4.96. The minimum Gasteiger partial charge on any atom is -0.338 e. The monoisotopic (exact) mass is 375 g/mol. The minimum atomic E-state index is -0.227. The van der Waals surface area contributed by atoms with Gasteiger partial charge in [-0.25, -0.2) is 9.18 Å². The van der Waals surface area contributed by atoms with Gasteiger partial charge in [0.1, 0.15) is 5.82 Å². The number of nitrogens with one attached hydrogen (secondary N) is 1. The molecule has 6 heteroatoms. The number of carbonyl (C=O) groups is 1. The van der Waals surface area contributed by atoms with Gasteiger partial charge in [0.2, 0.25) is 0 Å². The molecule has 0 saturated carbocycles. The Morgan fingerprint density at radius 3 is 2.35 bits per heavy atom. The zero-order chi connectivity index (χ0) is 18.4. The van der Waals surface area contributed by atoms with Gasteiger partial charge < -0.3 is 10.2 Å². The fourth-order valence-corrected chi connectivity index (χ4v) is 3.29. The smallest absolute Gasteiger partial charge is 0.317 e. The quantitative estimate of drug-likeness (QED) is 0.867. The van der Waals surface area contributed by atoms with Crippen LogP contribution in [0.5, 0.6) is 0 Å². The summed E-state index contributed by atoms with van der Waals surface area (Å²) in [6.45, 7) is 4.20. The minimum absolute atomic E-state index is 0.0845. The average Bonchev–Trinajstić information content (AvgIpc) is 2.66. The highest BCUT2D eigenvalue weighted by Gasteiger charge is 2.21. The van der Waals surface area contributed by atoms with E-state index in [0.717, 1.165) is 30.2 Å². The van der Waals surface area contributed by atoms with Gasteiger partial charge in [0.25, 0.3) is 0 Å². The molecule has 4 nitrogen and oxygen atoms in total. The molecule has 26 heavy (non-hydrogen) atoms. The summed E-state index contributed by atoms with van der Waals surface area (Å²) >= 11 is 6.21. The summed E-state index contributed by atoms with van der Waals surface area (Å²) in [5.74, 6) is -0.227. The lowest BCUT2D eigenvalue weighted by molar-refractivity contribution is 0.135. The molecule has 1 saturated heterocycles. The molecule has 0 aliphatic carbocycles. The molecule has 2 amide bonds. The van der Waals surface area contributed by atoms with E-state index in [-0.39, 0.29) is 11.8 Å². The second-order valence-electron chi connectivity index (χ2n) is 6.43. The van der Waals surface area contributed by atoms with Crippen LogP contribution in [0.15, 0.2) is 48.5 Å². The third-order valence-corrected chi connectivity index (χ3v) is 5.01. The van der Waals surface area contributed by atoms with Crippen molar-refractivity contribution < 1.29 is 9.18 Å². The number of carbonyl (C=O) groups excluding carboxylic acids is 1. The zero-order valence-electron chi connectivity index (χ0n) is 14.6. The van der Waals surface area contributed by atoms with Crippen LogP contribution in [0, 0.1) is 5.82 Å². The molecule has 1 aliphatic rings. The van der Waals surface area contributed by atoms with Crippen molar-refractivity contribution in [1.82, 2.24) is 15.1 Å². The number of urea groups is 1. The highest BCUT2D eigenvalue weighted by Crippen LogP contribution is 2.18. The average molecular weight is 376 g/mol. The van der Waals surface area contributed by atoms with Crippen molar-refractivity contribution in [2.75, 3.05) is 32.7 Å². The summed E-state index contributed by atoms with van der Waals surface area (Å²) in [7, 11) is 0. The van der Waals surface area contributed by atoms with E-state index in [0.29, 0.717) is 31.6 Å². The lowest BCUT2D eigenvalue weighted by Crippen LogP contribution is -2.51. The predicted octanol–water partition coefficient (Wildman–Crippen LogP) is 3.55. The first-order valence-electron chi connectivity index (χ1n) is 8.85. The van der Waals surface area contributed by atoms with Crippen LogP contribution in [0.4, 0.5) is 9.18 Å². The molecule has 0 aromatic heterocycles. The van der Waals surface area contributed by atoms with Crippen LogP contribution >= 0.6 is 11.6 Å². The van der Waals surface area contributed by atoms with Gasteiger partial charge in [-0.2, -0.15) is 0 Å². The molecule has 0 atom stereocenters. The van der Waals surface area contributed by atoms with E-state index >= 15 is 0 Å². The van der Waals surface area contributed by atoms with E-state index in [4.69, 9.17) is 11.6 Å². The van der Waals surface area contributed by atoms with Crippen LogP contribution in [0.2, 0.25) is 5.02 Å². The highest BCUT2D eigenvalue weighted by molar-refractivity contribution is 6.31. The van der Waals surface area contributed by atoms with Crippen LogP contribution in [-0.2, 0) is 13.0 Å². The first kappa shape index (κ1) is 18.7. The molecule has 1 aliphatic heterocycles. The molecule has 0 unspecified atom stereocenters. The fourth-order valence-electron chi connectivity index (χ4n) is 3.09. The largest absolute Gasteiger partial charge is 0.338 e. The Bertz CT molecular complexity index is 747. The van der Waals surface area contributed by atoms with Gasteiger partial charge in [-0.3, -0.25) is 4.90 Å². The second-order valence-corrected chi connectivity index (χ2v) is 6.84. The maximum absolute atomic E-state index is 13.6. The SMILES string of the molecule is O=C(NCCc1ccccc1F)N1CCN(Cc2ccccc2Cl)CC1. The van der Waals surface area contributed by atoms with E-state index in [2.05, 4.69) is 10.2 Å². The molecule has 138 valence electrons. The van der Waals surface area contributed by atoms with Crippen LogP contribution in [-0.4, -0.2) is 48.6 Å². The van der Waals surface area contributed by atoms with E-state index in [1.807, 2.05) is 29.2 Å². The van der Waals surface area contributed by atoms with Crippen molar-refractivity contribution in [3.05, 3.63) is 70.5 Å². The number of benzene rings is 2. The van der Waals surface area contributed by atoms with Gasteiger partial charge in [0.05, 0.1) is 0 Å². The molecule has 1 heterocycles. The summed E-state index contributed by atoms with van der Waals surface area (Å²) in [5.41, 5.74) is 1.73. The van der Waals surface area contributed by atoms with Crippen molar-refractivity contribution in [2.45, 2.75) is 13.0 Å². The Morgan fingerprint density at radius 1 is 1.00 bits per heavy atom. The van der Waals surface area contributed by atoms with Gasteiger partial charge in [-0.05, 0) is 29.7 Å². The van der Waals surface area contributed by atoms with E-state index < -0.39 is 0 Å². The van der Waals surface area contributed by atoms with Crippen molar-refractivity contribution in [3.8, 4) is 0 Å². The zero-order valence-corrected chi connectivity index (χ0v) is 15.4. The fraction of sp³-hybridized carbons (Fsp3) is 0.350. The van der Waals surface area contributed by atoms with Crippen LogP contribution < -0.4 is 5.32 Å². The number of amides is 2. The van der Waals surface area contributed by atoms with Gasteiger partial charge in [-0.15, -0.1) is 0 Å². The van der Waals surface area contributed by atoms with Crippen molar-refractivity contribution in [2.24, 2.45) is 0 Å². The summed E-state index contributed by atoms with van der Waals surface area (Å²) in [6.07, 6.45) is 0.491. The highest BCUT2D eigenvalue weighted by atomic mass is 35.5. The van der Waals surface area contributed by atoms with E-state index in [1.54, 1.807) is 18.2 Å². The van der Waals surface area contributed by atoms with Gasteiger partial charge >= 0.3 is 6.03 Å². The van der Waals surface area contributed by atoms with E-state index in [9.17, 15) is 9.18 Å². The Morgan fingerprint density at radius 2 is 1.65 bits per heavy atom. The lowest BCUT2D eigenvalue weighted by Gasteiger charge is -2.34. The molecule has 1 fully saturated rings. The molecule has 0 bridgehead atoms. The normalized spacial score (nSPS) is 15.1. The first-order valence-corrected chi connectivity index (χ1v) is 9.23. The Kier molecular flexibility index (Phi) is 6.47. The number of rotatable bonds is 5. The van der Waals surface area contributed by atoms with Crippen LogP contribution in [0.1, 0.15) is 11.1 Å². The number of nitrogens with zero attached hydrogens (tertiary/aromatic N) is 2. The van der Waals surface area contributed by atoms with Gasteiger partial charge in [-0.1, -0.05) is 48.0 Å². The molecule has 0 spiro atoms. The number of piperazine rings is 1. The topological polar surface area (TPSA) is 35.6 Å². The summed E-state index contributed by atoms with van der Waals surface area (Å²) < 4.78 is 13.6. The molecule has 3 rings (SSSR count). The molecule has 1 N–H and O–H groups in total. The van der Waals surface area contributed by atoms with Gasteiger partial charge in [0, 0.05) is 44.3 Å². The van der Waals surface area contributed by atoms with E-state index in [1.165, 1.54) is 6.07 Å². The molecule has 2 aromatic rings. The molecule has 2 aromatic carbocycles. The summed E-state index contributed by atoms with van der Waals surface area (Å²) in [5, 5.41) is 3.66. The van der Waals surface area contributed by atoms with Crippen molar-refractivity contribution in [1.29, 1.82) is 0 Å². The molecule has 0 radical (unpaired) electrons. The number of hydrogen-bond acceptors (Lipinski definition) is 2.